The Morgan fingerprint density at radius 1 is 1.60 bits per heavy atom. The predicted molar refractivity (Wildman–Crippen MR) is 65.1 cm³/mol. The van der Waals surface area contributed by atoms with Gasteiger partial charge in [0.25, 0.3) is 0 Å². The maximum absolute atomic E-state index is 5.29. The first-order chi connectivity index (χ1) is 7.34. The first-order valence-electron chi connectivity index (χ1n) is 5.68. The molecule has 0 bridgehead atoms. The number of nitrogens with one attached hydrogen (secondary N) is 1. The molecule has 1 aromatic heterocycles. The van der Waals surface area contributed by atoms with Gasteiger partial charge >= 0.3 is 0 Å². The molecule has 1 fully saturated rings. The Balaban J connectivity index is 1.52. The SMILES string of the molecule is CC(CNC1CC1)CSCc1ccco1. The van der Waals surface area contributed by atoms with Crippen molar-refractivity contribution < 1.29 is 4.42 Å². The highest BCUT2D eigenvalue weighted by Crippen LogP contribution is 2.20. The number of thioether (sulfide) groups is 1. The lowest BCUT2D eigenvalue weighted by atomic mass is 10.2. The Hall–Kier alpha value is -0.410. The van der Waals surface area contributed by atoms with Crippen molar-refractivity contribution in [2.45, 2.75) is 31.6 Å². The van der Waals surface area contributed by atoms with E-state index in [0.29, 0.717) is 0 Å². The zero-order valence-electron chi connectivity index (χ0n) is 9.24. The van der Waals surface area contributed by atoms with E-state index in [1.807, 2.05) is 23.9 Å². The molecule has 1 unspecified atom stereocenters. The molecule has 84 valence electrons. The molecule has 2 nitrogen and oxygen atoms in total. The zero-order valence-corrected chi connectivity index (χ0v) is 10.1. The summed E-state index contributed by atoms with van der Waals surface area (Å²) < 4.78 is 5.29. The summed E-state index contributed by atoms with van der Waals surface area (Å²) >= 11 is 1.96. The standard InChI is InChI=1S/C12H19NOS/c1-10(7-13-11-4-5-11)8-15-9-12-3-2-6-14-12/h2-3,6,10-11,13H,4-5,7-9H2,1H3. The van der Waals surface area contributed by atoms with Crippen molar-refractivity contribution in [2.75, 3.05) is 12.3 Å². The normalized spacial score (nSPS) is 17.9. The molecule has 0 aliphatic heterocycles. The van der Waals surface area contributed by atoms with E-state index in [2.05, 4.69) is 12.2 Å². The molecule has 0 saturated heterocycles. The summed E-state index contributed by atoms with van der Waals surface area (Å²) in [7, 11) is 0. The average molecular weight is 225 g/mol. The van der Waals surface area contributed by atoms with Crippen LogP contribution in [0.2, 0.25) is 0 Å². The Labute approximate surface area is 95.8 Å². The highest BCUT2D eigenvalue weighted by atomic mass is 32.2. The van der Waals surface area contributed by atoms with E-state index in [-0.39, 0.29) is 0 Å². The van der Waals surface area contributed by atoms with Gasteiger partial charge in [0.2, 0.25) is 0 Å². The van der Waals surface area contributed by atoms with Crippen LogP contribution in [0.15, 0.2) is 22.8 Å². The second kappa shape index (κ2) is 5.61. The van der Waals surface area contributed by atoms with Crippen molar-refractivity contribution in [1.29, 1.82) is 0 Å². The van der Waals surface area contributed by atoms with Crippen molar-refractivity contribution in [1.82, 2.24) is 5.32 Å². The van der Waals surface area contributed by atoms with Crippen molar-refractivity contribution in [2.24, 2.45) is 5.92 Å². The highest BCUT2D eigenvalue weighted by Gasteiger charge is 2.20. The van der Waals surface area contributed by atoms with Crippen LogP contribution in [0.3, 0.4) is 0 Å². The molecule has 0 radical (unpaired) electrons. The third-order valence-electron chi connectivity index (χ3n) is 2.56. The Bertz CT molecular complexity index is 269. The number of rotatable bonds is 7. The minimum absolute atomic E-state index is 0.755. The fourth-order valence-electron chi connectivity index (χ4n) is 1.47. The van der Waals surface area contributed by atoms with Crippen LogP contribution in [-0.4, -0.2) is 18.3 Å². The van der Waals surface area contributed by atoms with Crippen molar-refractivity contribution in [3.63, 3.8) is 0 Å². The molecule has 15 heavy (non-hydrogen) atoms. The van der Waals surface area contributed by atoms with E-state index < -0.39 is 0 Å². The van der Waals surface area contributed by atoms with Gasteiger partial charge in [-0.1, -0.05) is 6.92 Å². The van der Waals surface area contributed by atoms with Crippen LogP contribution in [0, 0.1) is 5.92 Å². The van der Waals surface area contributed by atoms with Gasteiger partial charge in [0.1, 0.15) is 5.76 Å². The largest absolute Gasteiger partial charge is 0.468 e. The molecule has 0 aromatic carbocycles. The van der Waals surface area contributed by atoms with Gasteiger partial charge in [-0.05, 0) is 43.2 Å². The minimum atomic E-state index is 0.755. The van der Waals surface area contributed by atoms with E-state index in [9.17, 15) is 0 Å². The summed E-state index contributed by atoms with van der Waals surface area (Å²) in [6.45, 7) is 3.47. The quantitative estimate of drug-likeness (QED) is 0.772. The van der Waals surface area contributed by atoms with Crippen molar-refractivity contribution in [3.8, 4) is 0 Å². The smallest absolute Gasteiger partial charge is 0.113 e. The van der Waals surface area contributed by atoms with Crippen LogP contribution in [0.4, 0.5) is 0 Å². The van der Waals surface area contributed by atoms with Gasteiger partial charge in [-0.2, -0.15) is 11.8 Å². The molecular formula is C12H19NOS. The number of furan rings is 1. The molecule has 0 amide bonds. The number of hydrogen-bond acceptors (Lipinski definition) is 3. The lowest BCUT2D eigenvalue weighted by molar-refractivity contribution is 0.529. The van der Waals surface area contributed by atoms with Gasteiger partial charge in [-0.25, -0.2) is 0 Å². The Morgan fingerprint density at radius 2 is 2.47 bits per heavy atom. The monoisotopic (exact) mass is 225 g/mol. The molecule has 1 saturated carbocycles. The topological polar surface area (TPSA) is 25.2 Å². The molecule has 0 spiro atoms. The summed E-state index contributed by atoms with van der Waals surface area (Å²) in [5.74, 6) is 4.05. The lowest BCUT2D eigenvalue weighted by Gasteiger charge is -2.11. The first-order valence-corrected chi connectivity index (χ1v) is 6.83. The summed E-state index contributed by atoms with van der Waals surface area (Å²) in [5, 5.41) is 3.56. The van der Waals surface area contributed by atoms with Gasteiger partial charge in [-0.3, -0.25) is 0 Å². The molecule has 1 heterocycles. The van der Waals surface area contributed by atoms with Crippen LogP contribution in [0.25, 0.3) is 0 Å². The Morgan fingerprint density at radius 3 is 3.13 bits per heavy atom. The third kappa shape index (κ3) is 4.31. The summed E-state index contributed by atoms with van der Waals surface area (Å²) in [6, 6.07) is 4.83. The van der Waals surface area contributed by atoms with E-state index in [1.54, 1.807) is 6.26 Å². The van der Waals surface area contributed by atoms with E-state index in [0.717, 1.165) is 30.0 Å². The first kappa shape index (κ1) is 11.1. The van der Waals surface area contributed by atoms with E-state index >= 15 is 0 Å². The second-order valence-corrected chi connectivity index (χ2v) is 5.41. The van der Waals surface area contributed by atoms with Crippen molar-refractivity contribution in [3.05, 3.63) is 24.2 Å². The van der Waals surface area contributed by atoms with Crippen LogP contribution >= 0.6 is 11.8 Å². The van der Waals surface area contributed by atoms with Crippen LogP contribution in [0.1, 0.15) is 25.5 Å². The third-order valence-corrected chi connectivity index (χ3v) is 3.85. The predicted octanol–water partition coefficient (Wildman–Crippen LogP) is 2.90. The maximum atomic E-state index is 5.29. The van der Waals surface area contributed by atoms with Crippen molar-refractivity contribution >= 4 is 11.8 Å². The Kier molecular flexibility index (Phi) is 4.15. The molecule has 1 atom stereocenters. The van der Waals surface area contributed by atoms with Gasteiger partial charge < -0.3 is 9.73 Å². The van der Waals surface area contributed by atoms with Gasteiger partial charge in [0.15, 0.2) is 0 Å². The van der Waals surface area contributed by atoms with E-state index in [4.69, 9.17) is 4.42 Å². The molecular weight excluding hydrogens is 206 g/mol. The summed E-state index contributed by atoms with van der Waals surface area (Å²) in [4.78, 5) is 0. The second-order valence-electron chi connectivity index (χ2n) is 4.38. The zero-order chi connectivity index (χ0) is 10.5. The summed E-state index contributed by atoms with van der Waals surface area (Å²) in [5.41, 5.74) is 0. The fraction of sp³-hybridized carbons (Fsp3) is 0.667. The lowest BCUT2D eigenvalue weighted by Crippen LogP contribution is -2.24. The maximum Gasteiger partial charge on any atom is 0.113 e. The summed E-state index contributed by atoms with van der Waals surface area (Å²) in [6.07, 6.45) is 4.51. The molecule has 2 rings (SSSR count). The van der Waals surface area contributed by atoms with Crippen LogP contribution in [-0.2, 0) is 5.75 Å². The molecule has 1 aromatic rings. The molecule has 1 aliphatic carbocycles. The minimum Gasteiger partial charge on any atom is -0.468 e. The molecule has 1 N–H and O–H groups in total. The van der Waals surface area contributed by atoms with Crippen LogP contribution in [0.5, 0.6) is 0 Å². The van der Waals surface area contributed by atoms with Gasteiger partial charge in [-0.15, -0.1) is 0 Å². The highest BCUT2D eigenvalue weighted by molar-refractivity contribution is 7.98. The average Bonchev–Trinajstić information content (AvgIpc) is 2.92. The van der Waals surface area contributed by atoms with Gasteiger partial charge in [0, 0.05) is 6.04 Å². The molecule has 3 heteroatoms. The number of hydrogen-bond donors (Lipinski definition) is 1. The van der Waals surface area contributed by atoms with Crippen LogP contribution < -0.4 is 5.32 Å². The fourth-order valence-corrected chi connectivity index (χ4v) is 2.47. The van der Waals surface area contributed by atoms with E-state index in [1.165, 1.54) is 18.6 Å². The molecule has 1 aliphatic rings. The van der Waals surface area contributed by atoms with Gasteiger partial charge in [0.05, 0.1) is 12.0 Å².